The van der Waals surface area contributed by atoms with Crippen LogP contribution in [0.2, 0.25) is 0 Å². The van der Waals surface area contributed by atoms with Crippen LogP contribution in [0.3, 0.4) is 0 Å². The minimum absolute atomic E-state index is 0.399. The van der Waals surface area contributed by atoms with Gasteiger partial charge in [-0.3, -0.25) is 0 Å². The number of hydrogen-bond acceptors (Lipinski definition) is 2. The van der Waals surface area contributed by atoms with Gasteiger partial charge in [-0.15, -0.1) is 0 Å². The lowest BCUT2D eigenvalue weighted by molar-refractivity contribution is 0.370. The van der Waals surface area contributed by atoms with Crippen molar-refractivity contribution in [2.45, 2.75) is 26.2 Å². The van der Waals surface area contributed by atoms with Crippen LogP contribution in [-0.2, 0) is 11.8 Å². The van der Waals surface area contributed by atoms with Crippen molar-refractivity contribution in [3.63, 3.8) is 0 Å². The van der Waals surface area contributed by atoms with Gasteiger partial charge in [-0.2, -0.15) is 0 Å². The van der Waals surface area contributed by atoms with Crippen LogP contribution in [0.5, 0.6) is 5.75 Å². The topological polar surface area (TPSA) is 49.7 Å². The summed E-state index contributed by atoms with van der Waals surface area (Å²) in [6, 6.07) is 7.23. The third kappa shape index (κ3) is 4.31. The highest BCUT2D eigenvalue weighted by Crippen LogP contribution is 2.38. The minimum Gasteiger partial charge on any atom is -0.424 e. The van der Waals surface area contributed by atoms with Crippen molar-refractivity contribution in [1.82, 2.24) is 0 Å². The van der Waals surface area contributed by atoms with E-state index < -0.39 is 6.72 Å². The molecule has 1 rings (SSSR count). The molecule has 1 aromatic carbocycles. The lowest BCUT2D eigenvalue weighted by Crippen LogP contribution is -1.93. The Bertz CT molecular complexity index is 357. The van der Waals surface area contributed by atoms with Crippen molar-refractivity contribution >= 4 is 18.5 Å². The molecule has 0 amide bonds. The largest absolute Gasteiger partial charge is 0.424 e. The van der Waals surface area contributed by atoms with Crippen LogP contribution in [-0.4, -0.2) is 9.79 Å². The van der Waals surface area contributed by atoms with Crippen molar-refractivity contribution in [3.05, 3.63) is 29.8 Å². The van der Waals surface area contributed by atoms with Gasteiger partial charge in [0.2, 0.25) is 0 Å². The first-order chi connectivity index (χ1) is 6.92. The first kappa shape index (κ1) is 12.7. The summed E-state index contributed by atoms with van der Waals surface area (Å²) in [7, 11) is 0. The molecular weight excluding hydrogens is 231 g/mol. The van der Waals surface area contributed by atoms with E-state index >= 15 is 0 Å². The van der Waals surface area contributed by atoms with Gasteiger partial charge >= 0.3 is 6.72 Å². The molecule has 15 heavy (non-hydrogen) atoms. The molecule has 1 unspecified atom stereocenters. The van der Waals surface area contributed by atoms with Crippen LogP contribution in [0.15, 0.2) is 24.3 Å². The third-order valence-electron chi connectivity index (χ3n) is 2.29. The fourth-order valence-electron chi connectivity index (χ4n) is 1.23. The fraction of sp³-hybridized carbons (Fsp3) is 0.400. The second-order valence-corrected chi connectivity index (χ2v) is 6.05. The van der Waals surface area contributed by atoms with E-state index in [1.54, 1.807) is 12.1 Å². The Morgan fingerprint density at radius 3 is 2.27 bits per heavy atom. The molecule has 0 heterocycles. The third-order valence-corrected chi connectivity index (χ3v) is 2.96. The SMILES string of the molecule is CCC(C)c1ccc(OP(O)(O)=S)cc1. The van der Waals surface area contributed by atoms with Gasteiger partial charge in [-0.05, 0) is 30.0 Å². The Kier molecular flexibility index (Phi) is 4.29. The Balaban J connectivity index is 2.77. The average molecular weight is 246 g/mol. The number of rotatable bonds is 4. The normalized spacial score (nSPS) is 13.6. The first-order valence-electron chi connectivity index (χ1n) is 4.77. The smallest absolute Gasteiger partial charge is 0.375 e. The number of benzene rings is 1. The van der Waals surface area contributed by atoms with Gasteiger partial charge in [-0.25, -0.2) is 0 Å². The highest BCUT2D eigenvalue weighted by atomic mass is 32.5. The molecule has 0 saturated heterocycles. The molecule has 2 N–H and O–H groups in total. The maximum atomic E-state index is 8.95. The molecule has 1 atom stereocenters. The summed E-state index contributed by atoms with van der Waals surface area (Å²) >= 11 is 4.37. The Morgan fingerprint density at radius 1 is 1.33 bits per heavy atom. The maximum Gasteiger partial charge on any atom is 0.375 e. The van der Waals surface area contributed by atoms with Crippen LogP contribution >= 0.6 is 6.72 Å². The number of hydrogen-bond donors (Lipinski definition) is 2. The zero-order chi connectivity index (χ0) is 11.5. The molecule has 0 bridgehead atoms. The van der Waals surface area contributed by atoms with Gasteiger partial charge < -0.3 is 14.3 Å². The summed E-state index contributed by atoms with van der Waals surface area (Å²) in [5.74, 6) is 0.890. The van der Waals surface area contributed by atoms with Gasteiger partial charge in [0.25, 0.3) is 0 Å². The van der Waals surface area contributed by atoms with Crippen molar-refractivity contribution in [2.24, 2.45) is 0 Å². The summed E-state index contributed by atoms with van der Waals surface area (Å²) in [5.41, 5.74) is 1.20. The fourth-order valence-corrected chi connectivity index (χ4v) is 1.88. The Morgan fingerprint density at radius 2 is 1.87 bits per heavy atom. The molecule has 0 aliphatic rings. The average Bonchev–Trinajstić information content (AvgIpc) is 2.15. The maximum absolute atomic E-state index is 8.95. The van der Waals surface area contributed by atoms with Gasteiger partial charge in [-0.1, -0.05) is 26.0 Å². The van der Waals surface area contributed by atoms with E-state index in [2.05, 4.69) is 25.7 Å². The summed E-state index contributed by atoms with van der Waals surface area (Å²) < 4.78 is 4.81. The van der Waals surface area contributed by atoms with Gasteiger partial charge in [0.15, 0.2) is 0 Å². The molecule has 0 saturated carbocycles. The van der Waals surface area contributed by atoms with Crippen LogP contribution < -0.4 is 4.52 Å². The van der Waals surface area contributed by atoms with Crippen LogP contribution in [0.25, 0.3) is 0 Å². The van der Waals surface area contributed by atoms with Crippen molar-refractivity contribution in [2.75, 3.05) is 0 Å². The predicted octanol–water partition coefficient (Wildman–Crippen LogP) is 2.79. The van der Waals surface area contributed by atoms with Gasteiger partial charge in [0, 0.05) is 11.8 Å². The summed E-state index contributed by atoms with van der Waals surface area (Å²) in [6.07, 6.45) is 1.07. The van der Waals surface area contributed by atoms with E-state index in [9.17, 15) is 0 Å². The van der Waals surface area contributed by atoms with E-state index in [0.29, 0.717) is 11.7 Å². The van der Waals surface area contributed by atoms with Crippen molar-refractivity contribution in [3.8, 4) is 5.75 Å². The summed E-state index contributed by atoms with van der Waals surface area (Å²) in [6.45, 7) is 0.659. The highest BCUT2D eigenvalue weighted by Gasteiger charge is 2.10. The van der Waals surface area contributed by atoms with E-state index in [4.69, 9.17) is 14.3 Å². The second kappa shape index (κ2) is 5.08. The Hall–Kier alpha value is -0.410. The van der Waals surface area contributed by atoms with Crippen LogP contribution in [0.4, 0.5) is 0 Å². The minimum atomic E-state index is -3.60. The zero-order valence-electron chi connectivity index (χ0n) is 8.75. The molecular formula is C10H15O3PS. The summed E-state index contributed by atoms with van der Waals surface area (Å²) in [5, 5.41) is 0. The van der Waals surface area contributed by atoms with E-state index in [1.807, 2.05) is 12.1 Å². The molecule has 3 nitrogen and oxygen atoms in total. The predicted molar refractivity (Wildman–Crippen MR) is 64.5 cm³/mol. The molecule has 84 valence electrons. The lowest BCUT2D eigenvalue weighted by Gasteiger charge is -2.12. The van der Waals surface area contributed by atoms with Gasteiger partial charge in [0.1, 0.15) is 5.75 Å². The van der Waals surface area contributed by atoms with E-state index in [1.165, 1.54) is 5.56 Å². The molecule has 1 aromatic rings. The molecule has 0 spiro atoms. The second-order valence-electron chi connectivity index (χ2n) is 3.46. The van der Waals surface area contributed by atoms with Crippen LogP contribution in [0, 0.1) is 0 Å². The zero-order valence-corrected chi connectivity index (χ0v) is 10.5. The highest BCUT2D eigenvalue weighted by molar-refractivity contribution is 8.06. The van der Waals surface area contributed by atoms with Crippen molar-refractivity contribution in [1.29, 1.82) is 0 Å². The first-order valence-corrected chi connectivity index (χ1v) is 7.40. The Labute approximate surface area is 95.0 Å². The quantitative estimate of drug-likeness (QED) is 0.802. The molecule has 0 aliphatic heterocycles. The van der Waals surface area contributed by atoms with E-state index in [0.717, 1.165) is 6.42 Å². The lowest BCUT2D eigenvalue weighted by atomic mass is 9.99. The molecule has 5 heteroatoms. The molecule has 0 fully saturated rings. The van der Waals surface area contributed by atoms with Crippen molar-refractivity contribution < 1.29 is 14.3 Å². The van der Waals surface area contributed by atoms with E-state index in [-0.39, 0.29) is 0 Å². The molecule has 0 aromatic heterocycles. The standard InChI is InChI=1S/C10H15O3PS/c1-3-8(2)9-4-6-10(7-5-9)13-14(11,12)15/h4-8H,3H2,1-2H3,(H2,11,12,15). The molecule has 0 aliphatic carbocycles. The summed E-state index contributed by atoms with van der Waals surface area (Å²) in [4.78, 5) is 17.9. The van der Waals surface area contributed by atoms with Crippen LogP contribution in [0.1, 0.15) is 31.7 Å². The molecule has 0 radical (unpaired) electrons. The van der Waals surface area contributed by atoms with Gasteiger partial charge in [0.05, 0.1) is 0 Å². The monoisotopic (exact) mass is 246 g/mol.